The number of carboxylic acid groups (broad SMARTS) is 1. The summed E-state index contributed by atoms with van der Waals surface area (Å²) in [5, 5.41) is 8.84. The van der Waals surface area contributed by atoms with Crippen molar-refractivity contribution in [2.24, 2.45) is 5.92 Å². The summed E-state index contributed by atoms with van der Waals surface area (Å²) >= 11 is 11.0. The minimum atomic E-state index is -0.691. The molecule has 1 N–H and O–H groups in total. The van der Waals surface area contributed by atoms with Crippen LogP contribution in [-0.2, 0) is 11.3 Å². The highest BCUT2D eigenvalue weighted by Gasteiger charge is 2.22. The quantitative estimate of drug-likeness (QED) is 0.894. The van der Waals surface area contributed by atoms with Gasteiger partial charge in [0.15, 0.2) is 0 Å². The molecule has 1 aliphatic heterocycles. The van der Waals surface area contributed by atoms with Gasteiger partial charge in [0.1, 0.15) is 4.34 Å². The Balaban J connectivity index is 1.91. The van der Waals surface area contributed by atoms with E-state index in [-0.39, 0.29) is 12.3 Å². The van der Waals surface area contributed by atoms with Crippen LogP contribution in [0.25, 0.3) is 0 Å². The van der Waals surface area contributed by atoms with Crippen LogP contribution in [0.15, 0.2) is 10.5 Å². The maximum absolute atomic E-state index is 10.7. The lowest BCUT2D eigenvalue weighted by Crippen LogP contribution is -2.35. The first-order valence-electron chi connectivity index (χ1n) is 5.92. The van der Waals surface area contributed by atoms with Crippen LogP contribution >= 0.6 is 38.9 Å². The first-order chi connectivity index (χ1) is 8.54. The Kier molecular flexibility index (Phi) is 5.06. The third kappa shape index (κ3) is 3.95. The number of aliphatic carboxylic acids is 1. The fourth-order valence-corrected chi connectivity index (χ4v) is 4.23. The number of likely N-dealkylation sites (tertiary alicyclic amines) is 1. The number of hydrogen-bond donors (Lipinski definition) is 1. The highest BCUT2D eigenvalue weighted by atomic mass is 79.9. The Bertz CT molecular complexity index is 418. The summed E-state index contributed by atoms with van der Waals surface area (Å²) < 4.78 is 1.73. The van der Waals surface area contributed by atoms with Crippen LogP contribution in [0.2, 0.25) is 4.34 Å². The Morgan fingerprint density at radius 3 is 3.06 bits per heavy atom. The Hall–Kier alpha value is -0.100. The molecule has 1 aromatic heterocycles. The molecule has 100 valence electrons. The van der Waals surface area contributed by atoms with Gasteiger partial charge in [-0.3, -0.25) is 9.69 Å². The number of halogens is 2. The lowest BCUT2D eigenvalue weighted by atomic mass is 9.95. The summed E-state index contributed by atoms with van der Waals surface area (Å²) in [7, 11) is 0. The first kappa shape index (κ1) is 14.3. The van der Waals surface area contributed by atoms with Crippen molar-refractivity contribution in [3.8, 4) is 0 Å². The Labute approximate surface area is 124 Å². The van der Waals surface area contributed by atoms with Crippen LogP contribution in [0.1, 0.15) is 24.1 Å². The van der Waals surface area contributed by atoms with Gasteiger partial charge in [-0.1, -0.05) is 11.6 Å². The summed E-state index contributed by atoms with van der Waals surface area (Å²) in [6.07, 6.45) is 2.39. The lowest BCUT2D eigenvalue weighted by Gasteiger charge is -2.31. The second-order valence-electron chi connectivity index (χ2n) is 4.68. The van der Waals surface area contributed by atoms with Crippen LogP contribution in [0.4, 0.5) is 0 Å². The largest absolute Gasteiger partial charge is 0.481 e. The van der Waals surface area contributed by atoms with Gasteiger partial charge in [-0.25, -0.2) is 0 Å². The van der Waals surface area contributed by atoms with Crippen LogP contribution in [0.5, 0.6) is 0 Å². The average Bonchev–Trinajstić information content (AvgIpc) is 2.57. The molecule has 6 heteroatoms. The van der Waals surface area contributed by atoms with E-state index in [9.17, 15) is 4.79 Å². The first-order valence-corrected chi connectivity index (χ1v) is 7.91. The van der Waals surface area contributed by atoms with Crippen molar-refractivity contribution in [2.75, 3.05) is 13.1 Å². The number of rotatable bonds is 4. The fraction of sp³-hybridized carbons (Fsp3) is 0.583. The summed E-state index contributed by atoms with van der Waals surface area (Å²) in [5.41, 5.74) is 0. The second-order valence-corrected chi connectivity index (χ2v) is 7.27. The standard InChI is InChI=1S/C12H15BrClNO2S/c13-10-5-9(18-12(10)14)7-15-3-1-2-8(6-15)4-11(16)17/h5,8H,1-4,6-7H2,(H,16,17). The second kappa shape index (κ2) is 6.37. The highest BCUT2D eigenvalue weighted by molar-refractivity contribution is 9.10. The van der Waals surface area contributed by atoms with E-state index >= 15 is 0 Å². The summed E-state index contributed by atoms with van der Waals surface area (Å²) in [4.78, 5) is 14.3. The number of piperidine rings is 1. The molecule has 0 radical (unpaired) electrons. The molecule has 1 saturated heterocycles. The topological polar surface area (TPSA) is 40.5 Å². The van der Waals surface area contributed by atoms with E-state index in [1.54, 1.807) is 11.3 Å². The molecule has 0 spiro atoms. The zero-order chi connectivity index (χ0) is 13.1. The molecule has 0 aliphatic carbocycles. The minimum absolute atomic E-state index is 0.283. The molecule has 0 bridgehead atoms. The number of carbonyl (C=O) groups is 1. The van der Waals surface area contributed by atoms with Gasteiger partial charge < -0.3 is 5.11 Å². The van der Waals surface area contributed by atoms with Crippen LogP contribution in [-0.4, -0.2) is 29.1 Å². The number of nitrogens with zero attached hydrogens (tertiary/aromatic N) is 1. The monoisotopic (exact) mass is 351 g/mol. The number of hydrogen-bond acceptors (Lipinski definition) is 3. The van der Waals surface area contributed by atoms with E-state index in [2.05, 4.69) is 20.8 Å². The fourth-order valence-electron chi connectivity index (χ4n) is 2.40. The zero-order valence-corrected chi connectivity index (χ0v) is 13.0. The minimum Gasteiger partial charge on any atom is -0.481 e. The molecule has 0 aromatic carbocycles. The van der Waals surface area contributed by atoms with Crippen molar-refractivity contribution < 1.29 is 9.90 Å². The third-order valence-corrected chi connectivity index (χ3v) is 5.60. The molecule has 18 heavy (non-hydrogen) atoms. The van der Waals surface area contributed by atoms with Crippen molar-refractivity contribution in [3.63, 3.8) is 0 Å². The SMILES string of the molecule is O=C(O)CC1CCCN(Cc2cc(Br)c(Cl)s2)C1. The molecule has 2 heterocycles. The molecule has 1 atom stereocenters. The lowest BCUT2D eigenvalue weighted by molar-refractivity contribution is -0.138. The average molecular weight is 353 g/mol. The van der Waals surface area contributed by atoms with Gasteiger partial charge in [-0.15, -0.1) is 11.3 Å². The molecule has 1 aliphatic rings. The van der Waals surface area contributed by atoms with E-state index < -0.39 is 5.97 Å². The Morgan fingerprint density at radius 2 is 2.44 bits per heavy atom. The van der Waals surface area contributed by atoms with Gasteiger partial charge in [0.2, 0.25) is 0 Å². The molecule has 3 nitrogen and oxygen atoms in total. The van der Waals surface area contributed by atoms with Gasteiger partial charge in [-0.2, -0.15) is 0 Å². The van der Waals surface area contributed by atoms with Gasteiger partial charge >= 0.3 is 5.97 Å². The molecular formula is C12H15BrClNO2S. The van der Waals surface area contributed by atoms with Crippen molar-refractivity contribution in [2.45, 2.75) is 25.8 Å². The van der Waals surface area contributed by atoms with Crippen LogP contribution in [0.3, 0.4) is 0 Å². The van der Waals surface area contributed by atoms with Crippen LogP contribution < -0.4 is 0 Å². The van der Waals surface area contributed by atoms with Crippen molar-refractivity contribution >= 4 is 44.8 Å². The predicted octanol–water partition coefficient (Wildman–Crippen LogP) is 3.85. The number of carboxylic acids is 1. The summed E-state index contributed by atoms with van der Waals surface area (Å²) in [5.74, 6) is -0.404. The van der Waals surface area contributed by atoms with Gasteiger partial charge in [0.05, 0.1) is 0 Å². The van der Waals surface area contributed by atoms with E-state index in [0.29, 0.717) is 0 Å². The molecular weight excluding hydrogens is 338 g/mol. The molecule has 1 unspecified atom stereocenters. The van der Waals surface area contributed by atoms with E-state index in [0.717, 1.165) is 41.3 Å². The third-order valence-electron chi connectivity index (χ3n) is 3.14. The van der Waals surface area contributed by atoms with E-state index in [4.69, 9.17) is 16.7 Å². The Morgan fingerprint density at radius 1 is 1.67 bits per heavy atom. The highest BCUT2D eigenvalue weighted by Crippen LogP contribution is 2.33. The van der Waals surface area contributed by atoms with Crippen molar-refractivity contribution in [1.29, 1.82) is 0 Å². The maximum Gasteiger partial charge on any atom is 0.303 e. The van der Waals surface area contributed by atoms with Crippen LogP contribution in [0, 0.1) is 5.92 Å². The number of thiophene rings is 1. The molecule has 0 saturated carbocycles. The zero-order valence-electron chi connectivity index (χ0n) is 9.86. The van der Waals surface area contributed by atoms with E-state index in [1.807, 2.05) is 6.07 Å². The molecule has 0 amide bonds. The summed E-state index contributed by atoms with van der Waals surface area (Å²) in [6, 6.07) is 2.05. The van der Waals surface area contributed by atoms with Gasteiger partial charge in [-0.05, 0) is 47.3 Å². The smallest absolute Gasteiger partial charge is 0.303 e. The predicted molar refractivity (Wildman–Crippen MR) is 77.3 cm³/mol. The normalized spacial score (nSPS) is 21.1. The van der Waals surface area contributed by atoms with Gasteiger partial charge in [0.25, 0.3) is 0 Å². The molecule has 2 rings (SSSR count). The maximum atomic E-state index is 10.7. The molecule has 1 fully saturated rings. The van der Waals surface area contributed by atoms with E-state index in [1.165, 1.54) is 4.88 Å². The van der Waals surface area contributed by atoms with Crippen molar-refractivity contribution in [1.82, 2.24) is 4.90 Å². The molecule has 1 aromatic rings. The van der Waals surface area contributed by atoms with Gasteiger partial charge in [0, 0.05) is 28.9 Å². The van der Waals surface area contributed by atoms with Crippen molar-refractivity contribution in [3.05, 3.63) is 19.8 Å². The summed E-state index contributed by atoms with van der Waals surface area (Å²) in [6.45, 7) is 2.79.